The summed E-state index contributed by atoms with van der Waals surface area (Å²) in [4.78, 5) is 6.95. The van der Waals surface area contributed by atoms with E-state index < -0.39 is 0 Å². The van der Waals surface area contributed by atoms with Gasteiger partial charge in [0.1, 0.15) is 0 Å². The Morgan fingerprint density at radius 2 is 2.11 bits per heavy atom. The fourth-order valence-electron chi connectivity index (χ4n) is 2.82. The second-order valence-electron chi connectivity index (χ2n) is 5.17. The molecule has 108 valence electrons. The Hall–Kier alpha value is -0.160. The van der Waals surface area contributed by atoms with Crippen LogP contribution in [0, 0.1) is 0 Å². The maximum atomic E-state index is 9.23. The molecule has 1 aliphatic carbocycles. The lowest BCUT2D eigenvalue weighted by Gasteiger charge is -2.33. The Kier molecular flexibility index (Phi) is 6.57. The molecule has 5 heteroatoms. The highest BCUT2D eigenvalue weighted by atomic mass is 35.5. The first-order valence-electron chi connectivity index (χ1n) is 7.17. The zero-order valence-corrected chi connectivity index (χ0v) is 12.9. The molecule has 1 heterocycles. The summed E-state index contributed by atoms with van der Waals surface area (Å²) in [5.41, 5.74) is 0.980. The molecule has 0 radical (unpaired) electrons. The normalized spacial score (nSPS) is 17.2. The Balaban J connectivity index is 1.85. The Morgan fingerprint density at radius 3 is 2.74 bits per heavy atom. The third-order valence-corrected chi connectivity index (χ3v) is 5.06. The van der Waals surface area contributed by atoms with Crippen LogP contribution in [0.5, 0.6) is 0 Å². The smallest absolute Gasteiger partial charge is 0.0941 e. The third kappa shape index (κ3) is 4.71. The van der Waals surface area contributed by atoms with Crippen molar-refractivity contribution in [3.05, 3.63) is 16.1 Å². The number of thiazole rings is 1. The maximum absolute atomic E-state index is 9.23. The fourth-order valence-corrected chi connectivity index (χ4v) is 3.83. The lowest BCUT2D eigenvalue weighted by Crippen LogP contribution is -2.40. The SMILES string of the molecule is OCCN(CCc1nc(CCl)cs1)C1CCCCC1. The van der Waals surface area contributed by atoms with Gasteiger partial charge in [0, 0.05) is 30.9 Å². The molecule has 0 aliphatic heterocycles. The number of aromatic nitrogens is 1. The molecule has 0 spiro atoms. The zero-order valence-electron chi connectivity index (χ0n) is 11.4. The summed E-state index contributed by atoms with van der Waals surface area (Å²) in [5, 5.41) is 12.4. The van der Waals surface area contributed by atoms with E-state index in [1.807, 2.05) is 5.38 Å². The summed E-state index contributed by atoms with van der Waals surface area (Å²) >= 11 is 7.47. The topological polar surface area (TPSA) is 36.4 Å². The van der Waals surface area contributed by atoms with Crippen molar-refractivity contribution >= 4 is 22.9 Å². The van der Waals surface area contributed by atoms with E-state index in [1.165, 1.54) is 32.1 Å². The number of aliphatic hydroxyl groups is 1. The lowest BCUT2D eigenvalue weighted by molar-refractivity contribution is 0.125. The lowest BCUT2D eigenvalue weighted by atomic mass is 9.94. The molecule has 1 aromatic heterocycles. The molecule has 1 N–H and O–H groups in total. The summed E-state index contributed by atoms with van der Waals surface area (Å²) in [6.45, 7) is 2.04. The van der Waals surface area contributed by atoms with Gasteiger partial charge in [-0.25, -0.2) is 4.98 Å². The molecule has 2 rings (SSSR count). The second kappa shape index (κ2) is 8.20. The summed E-state index contributed by atoms with van der Waals surface area (Å²) in [6.07, 6.45) is 7.57. The Morgan fingerprint density at radius 1 is 1.32 bits per heavy atom. The predicted molar refractivity (Wildman–Crippen MR) is 80.9 cm³/mol. The molecule has 19 heavy (non-hydrogen) atoms. The highest BCUT2D eigenvalue weighted by molar-refractivity contribution is 7.09. The molecule has 0 bridgehead atoms. The number of nitrogens with zero attached hydrogens (tertiary/aromatic N) is 2. The van der Waals surface area contributed by atoms with Crippen molar-refractivity contribution in [1.29, 1.82) is 0 Å². The number of hydrogen-bond donors (Lipinski definition) is 1. The van der Waals surface area contributed by atoms with Gasteiger partial charge >= 0.3 is 0 Å². The van der Waals surface area contributed by atoms with E-state index in [-0.39, 0.29) is 6.61 Å². The molecule has 1 aliphatic rings. The molecule has 0 atom stereocenters. The number of halogens is 1. The van der Waals surface area contributed by atoms with Crippen LogP contribution >= 0.6 is 22.9 Å². The first-order chi connectivity index (χ1) is 9.33. The van der Waals surface area contributed by atoms with Crippen LogP contribution in [0.2, 0.25) is 0 Å². The van der Waals surface area contributed by atoms with Crippen LogP contribution in [0.25, 0.3) is 0 Å². The van der Waals surface area contributed by atoms with Crippen molar-refractivity contribution in [2.75, 3.05) is 19.7 Å². The second-order valence-corrected chi connectivity index (χ2v) is 6.38. The van der Waals surface area contributed by atoms with E-state index in [0.29, 0.717) is 11.9 Å². The van der Waals surface area contributed by atoms with E-state index in [0.717, 1.165) is 30.2 Å². The molecule has 3 nitrogen and oxygen atoms in total. The highest BCUT2D eigenvalue weighted by Gasteiger charge is 2.20. The van der Waals surface area contributed by atoms with Crippen LogP contribution in [0.1, 0.15) is 42.8 Å². The molecule has 1 aromatic rings. The fraction of sp³-hybridized carbons (Fsp3) is 0.786. The van der Waals surface area contributed by atoms with Crippen LogP contribution in [0.3, 0.4) is 0 Å². The minimum absolute atomic E-state index is 0.251. The van der Waals surface area contributed by atoms with Crippen molar-refractivity contribution in [3.63, 3.8) is 0 Å². The van der Waals surface area contributed by atoms with Crippen molar-refractivity contribution in [2.24, 2.45) is 0 Å². The Bertz CT molecular complexity index is 366. The quantitative estimate of drug-likeness (QED) is 0.787. The van der Waals surface area contributed by atoms with Gasteiger partial charge in [-0.2, -0.15) is 0 Å². The largest absolute Gasteiger partial charge is 0.395 e. The first-order valence-corrected chi connectivity index (χ1v) is 8.59. The van der Waals surface area contributed by atoms with Gasteiger partial charge in [-0.05, 0) is 12.8 Å². The summed E-state index contributed by atoms with van der Waals surface area (Å²) in [7, 11) is 0. The molecule has 0 unspecified atom stereocenters. The maximum Gasteiger partial charge on any atom is 0.0941 e. The average Bonchev–Trinajstić information content (AvgIpc) is 2.92. The summed E-state index contributed by atoms with van der Waals surface area (Å²) in [6, 6.07) is 0.661. The van der Waals surface area contributed by atoms with Crippen molar-refractivity contribution in [2.45, 2.75) is 50.4 Å². The molecular weight excluding hydrogens is 280 g/mol. The predicted octanol–water partition coefficient (Wildman–Crippen LogP) is 3.05. The van der Waals surface area contributed by atoms with Crippen LogP contribution < -0.4 is 0 Å². The Labute approximate surface area is 124 Å². The van der Waals surface area contributed by atoms with Gasteiger partial charge in [-0.1, -0.05) is 19.3 Å². The molecule has 1 fully saturated rings. The molecular formula is C14H23ClN2OS. The summed E-state index contributed by atoms with van der Waals surface area (Å²) in [5.74, 6) is 0.499. The highest BCUT2D eigenvalue weighted by Crippen LogP contribution is 2.23. The van der Waals surface area contributed by atoms with Crippen molar-refractivity contribution in [1.82, 2.24) is 9.88 Å². The average molecular weight is 303 g/mol. The van der Waals surface area contributed by atoms with Gasteiger partial charge in [0.2, 0.25) is 0 Å². The third-order valence-electron chi connectivity index (χ3n) is 3.83. The van der Waals surface area contributed by atoms with Gasteiger partial charge in [0.25, 0.3) is 0 Å². The van der Waals surface area contributed by atoms with Crippen molar-refractivity contribution < 1.29 is 5.11 Å². The van der Waals surface area contributed by atoms with Gasteiger partial charge in [-0.15, -0.1) is 22.9 Å². The molecule has 0 aromatic carbocycles. The van der Waals surface area contributed by atoms with Gasteiger partial charge in [0.05, 0.1) is 23.2 Å². The molecule has 0 amide bonds. The first kappa shape index (κ1) is 15.2. The zero-order chi connectivity index (χ0) is 13.5. The standard InChI is InChI=1S/C14H23ClN2OS/c15-10-12-11-19-14(16-12)6-7-17(8-9-18)13-4-2-1-3-5-13/h11,13,18H,1-10H2. The van der Waals surface area contributed by atoms with Gasteiger partial charge in [0.15, 0.2) is 0 Å². The van der Waals surface area contributed by atoms with Gasteiger partial charge in [-0.3, -0.25) is 4.90 Å². The molecule has 0 saturated heterocycles. The minimum atomic E-state index is 0.251. The summed E-state index contributed by atoms with van der Waals surface area (Å²) < 4.78 is 0. The van der Waals surface area contributed by atoms with Crippen LogP contribution in [0.4, 0.5) is 0 Å². The van der Waals surface area contributed by atoms with E-state index in [9.17, 15) is 5.11 Å². The van der Waals surface area contributed by atoms with E-state index in [2.05, 4.69) is 9.88 Å². The molecule has 1 saturated carbocycles. The number of rotatable bonds is 7. The van der Waals surface area contributed by atoms with E-state index in [1.54, 1.807) is 11.3 Å². The van der Waals surface area contributed by atoms with Crippen LogP contribution in [-0.4, -0.2) is 40.7 Å². The van der Waals surface area contributed by atoms with Crippen LogP contribution in [-0.2, 0) is 12.3 Å². The number of aliphatic hydroxyl groups excluding tert-OH is 1. The van der Waals surface area contributed by atoms with Crippen molar-refractivity contribution in [3.8, 4) is 0 Å². The minimum Gasteiger partial charge on any atom is -0.395 e. The van der Waals surface area contributed by atoms with E-state index in [4.69, 9.17) is 11.6 Å². The number of alkyl halides is 1. The van der Waals surface area contributed by atoms with E-state index >= 15 is 0 Å². The van der Waals surface area contributed by atoms with Gasteiger partial charge < -0.3 is 5.11 Å². The monoisotopic (exact) mass is 302 g/mol. The number of hydrogen-bond acceptors (Lipinski definition) is 4. The van der Waals surface area contributed by atoms with Crippen LogP contribution in [0.15, 0.2) is 5.38 Å².